The lowest BCUT2D eigenvalue weighted by atomic mass is 9.77. The highest BCUT2D eigenvalue weighted by molar-refractivity contribution is 7.92. The molecule has 0 spiro atoms. The quantitative estimate of drug-likeness (QED) is 0.494. The molecule has 2 aromatic rings. The second-order valence-corrected chi connectivity index (χ2v) is 13.7. The van der Waals surface area contributed by atoms with Crippen molar-refractivity contribution in [3.05, 3.63) is 64.9 Å². The summed E-state index contributed by atoms with van der Waals surface area (Å²) in [5, 5.41) is 14.2. The smallest absolute Gasteiger partial charge is 0.286 e. The number of halogens is 2. The van der Waals surface area contributed by atoms with Crippen LogP contribution in [0.1, 0.15) is 24.8 Å². The summed E-state index contributed by atoms with van der Waals surface area (Å²) in [4.78, 5) is 15.0. The second kappa shape index (κ2) is 8.74. The zero-order chi connectivity index (χ0) is 27.9. The first-order valence-electron chi connectivity index (χ1n) is 12.2. The van der Waals surface area contributed by atoms with E-state index in [0.717, 1.165) is 43.7 Å². The maximum atomic E-state index is 14.6. The number of aliphatic hydroxyl groups is 1. The van der Waals surface area contributed by atoms with Gasteiger partial charge in [0.1, 0.15) is 27.9 Å². The Balaban J connectivity index is 1.42. The molecule has 0 saturated heterocycles. The summed E-state index contributed by atoms with van der Waals surface area (Å²) in [6, 6.07) is 6.45. The van der Waals surface area contributed by atoms with Gasteiger partial charge in [-0.25, -0.2) is 17.2 Å². The van der Waals surface area contributed by atoms with Gasteiger partial charge in [-0.1, -0.05) is 6.07 Å². The van der Waals surface area contributed by atoms with Crippen molar-refractivity contribution in [1.82, 2.24) is 4.90 Å². The first kappa shape index (κ1) is 25.7. The van der Waals surface area contributed by atoms with Crippen molar-refractivity contribution in [2.24, 2.45) is 22.2 Å². The monoisotopic (exact) mass is 578 g/mol. The van der Waals surface area contributed by atoms with E-state index in [-0.39, 0.29) is 57.4 Å². The van der Waals surface area contributed by atoms with Gasteiger partial charge < -0.3 is 15.3 Å². The number of anilines is 2. The van der Waals surface area contributed by atoms with Crippen molar-refractivity contribution in [3.8, 4) is 0 Å². The average molecular weight is 579 g/mol. The summed E-state index contributed by atoms with van der Waals surface area (Å²) >= 11 is 0. The van der Waals surface area contributed by atoms with Crippen LogP contribution in [0.25, 0.3) is 0 Å². The van der Waals surface area contributed by atoms with Crippen LogP contribution in [0, 0.1) is 29.4 Å². The molecular formula is C25H24F2N4O6S2. The van der Waals surface area contributed by atoms with Crippen LogP contribution in [-0.4, -0.2) is 50.9 Å². The molecule has 2 fully saturated rings. The molecule has 2 heterocycles. The van der Waals surface area contributed by atoms with Gasteiger partial charge in [-0.2, -0.15) is 8.42 Å². The molecule has 2 bridgehead atoms. The lowest BCUT2D eigenvalue weighted by molar-refractivity contribution is -0.134. The van der Waals surface area contributed by atoms with Crippen LogP contribution in [0.5, 0.6) is 0 Å². The molecule has 206 valence electrons. The van der Waals surface area contributed by atoms with Crippen molar-refractivity contribution in [2.75, 3.05) is 16.3 Å². The maximum Gasteiger partial charge on any atom is 0.286 e. The van der Waals surface area contributed by atoms with Crippen LogP contribution in [0.15, 0.2) is 57.0 Å². The molecule has 1 amide bonds. The number of carbonyl (C=O) groups is 1. The van der Waals surface area contributed by atoms with Gasteiger partial charge in [0.25, 0.3) is 15.9 Å². The molecule has 4 aliphatic rings. The molecular weight excluding hydrogens is 554 g/mol. The molecule has 14 heteroatoms. The summed E-state index contributed by atoms with van der Waals surface area (Å²) in [5.41, 5.74) is -0.181. The van der Waals surface area contributed by atoms with Gasteiger partial charge in [0.05, 0.1) is 11.9 Å². The van der Waals surface area contributed by atoms with E-state index in [9.17, 15) is 35.5 Å². The number of hydrogen-bond acceptors (Lipinski definition) is 7. The third-order valence-corrected chi connectivity index (χ3v) is 9.82. The number of aliphatic hydroxyl groups excluding tert-OH is 1. The third kappa shape index (κ3) is 4.35. The molecule has 2 aliphatic heterocycles. The molecule has 2 aliphatic carbocycles. The van der Waals surface area contributed by atoms with Crippen LogP contribution in [0.2, 0.25) is 0 Å². The van der Waals surface area contributed by atoms with Crippen molar-refractivity contribution in [3.63, 3.8) is 0 Å². The van der Waals surface area contributed by atoms with E-state index in [0.29, 0.717) is 0 Å². The van der Waals surface area contributed by atoms with Crippen LogP contribution >= 0.6 is 0 Å². The van der Waals surface area contributed by atoms with Gasteiger partial charge in [-0.05, 0) is 55.4 Å². The Morgan fingerprint density at radius 1 is 1.15 bits per heavy atom. The highest BCUT2D eigenvalue weighted by atomic mass is 32.2. The molecule has 3 N–H and O–H groups in total. The fraction of sp³-hybridized carbons (Fsp3) is 0.360. The Morgan fingerprint density at radius 3 is 2.62 bits per heavy atom. The molecule has 4 atom stereocenters. The number of nitrogens with one attached hydrogen (secondary N) is 2. The van der Waals surface area contributed by atoms with E-state index in [1.54, 1.807) is 0 Å². The lowest BCUT2D eigenvalue weighted by Gasteiger charge is -2.44. The molecule has 6 rings (SSSR count). The lowest BCUT2D eigenvalue weighted by Crippen LogP contribution is -2.53. The van der Waals surface area contributed by atoms with Crippen LogP contribution in [0.3, 0.4) is 0 Å². The topological polar surface area (TPSA) is 145 Å². The number of amides is 1. The number of carbonyl (C=O) groups excluding carboxylic acids is 1. The highest BCUT2D eigenvalue weighted by Crippen LogP contribution is 2.55. The number of nitrogens with zero attached hydrogens (tertiary/aromatic N) is 2. The first-order valence-corrected chi connectivity index (χ1v) is 15.6. The zero-order valence-corrected chi connectivity index (χ0v) is 22.2. The molecule has 10 nitrogen and oxygen atoms in total. The van der Waals surface area contributed by atoms with E-state index in [1.165, 1.54) is 23.1 Å². The van der Waals surface area contributed by atoms with E-state index >= 15 is 0 Å². The minimum atomic E-state index is -4.41. The minimum Gasteiger partial charge on any atom is -0.511 e. The van der Waals surface area contributed by atoms with Crippen molar-refractivity contribution >= 4 is 43.2 Å². The Morgan fingerprint density at radius 2 is 1.90 bits per heavy atom. The fourth-order valence-electron chi connectivity index (χ4n) is 6.43. The van der Waals surface area contributed by atoms with Crippen LogP contribution in [-0.2, 0) is 31.4 Å². The van der Waals surface area contributed by atoms with Gasteiger partial charge in [0.2, 0.25) is 10.0 Å². The molecule has 0 radical (unpaired) electrons. The average Bonchev–Trinajstić information content (AvgIpc) is 3.45. The number of fused-ring (bicyclic) bond motifs is 6. The summed E-state index contributed by atoms with van der Waals surface area (Å²) in [6.07, 6.45) is 3.35. The summed E-state index contributed by atoms with van der Waals surface area (Å²) in [6.45, 7) is -0.191. The van der Waals surface area contributed by atoms with Gasteiger partial charge in [0, 0.05) is 35.8 Å². The molecule has 2 aromatic carbocycles. The Labute approximate surface area is 223 Å². The molecule has 0 unspecified atom stereocenters. The first-order chi connectivity index (χ1) is 18.3. The number of amidine groups is 1. The minimum absolute atomic E-state index is 0.00778. The van der Waals surface area contributed by atoms with Gasteiger partial charge in [-0.15, -0.1) is 4.40 Å². The van der Waals surface area contributed by atoms with Gasteiger partial charge in [0.15, 0.2) is 5.84 Å². The molecule has 0 aromatic heterocycles. The summed E-state index contributed by atoms with van der Waals surface area (Å²) < 4.78 is 83.5. The largest absolute Gasteiger partial charge is 0.511 e. The number of benzene rings is 2. The predicted molar refractivity (Wildman–Crippen MR) is 138 cm³/mol. The maximum absolute atomic E-state index is 14.6. The van der Waals surface area contributed by atoms with E-state index in [2.05, 4.69) is 14.4 Å². The zero-order valence-electron chi connectivity index (χ0n) is 20.6. The number of sulfonamides is 2. The second-order valence-electron chi connectivity index (χ2n) is 10.4. The SMILES string of the molecule is CS(=O)(=O)Nc1ccc2c(c1)S(=O)(=O)N=C(C1=C(O)[C@@H]3[C@H]4CC[C@H](C4)[C@@H]3N(Cc3ccc(F)cc3F)C1=O)N2. The normalized spacial score (nSPS) is 27.1. The van der Waals surface area contributed by atoms with Crippen molar-refractivity contribution < 1.29 is 35.5 Å². The third-order valence-electron chi connectivity index (χ3n) is 7.90. The summed E-state index contributed by atoms with van der Waals surface area (Å²) in [5.74, 6) is -3.25. The Bertz CT molecular complexity index is 1710. The summed E-state index contributed by atoms with van der Waals surface area (Å²) in [7, 11) is -8.09. The Hall–Kier alpha value is -3.52. The highest BCUT2D eigenvalue weighted by Gasteiger charge is 2.57. The van der Waals surface area contributed by atoms with E-state index < -0.39 is 49.5 Å². The van der Waals surface area contributed by atoms with Crippen molar-refractivity contribution in [1.29, 1.82) is 0 Å². The predicted octanol–water partition coefficient (Wildman–Crippen LogP) is 3.12. The number of hydrogen-bond donors (Lipinski definition) is 3. The van der Waals surface area contributed by atoms with Crippen LogP contribution in [0.4, 0.5) is 20.2 Å². The Kier molecular flexibility index (Phi) is 5.77. The van der Waals surface area contributed by atoms with E-state index in [1.807, 2.05) is 0 Å². The molecule has 2 saturated carbocycles. The standard InChI is InChI=1S/C25H24F2N4O6S2/c1-38(34,35)29-16-6-7-18-19(10-16)39(36,37)30-24(28-18)21-23(32)20-12-2-3-13(8-12)22(20)31(25(21)33)11-14-4-5-15(26)9-17(14)27/h4-7,9-10,12-13,20,22,29,32H,2-3,8,11H2,1H3,(H,28,30)/t12-,13+,20+,22-/m0/s1. The van der Waals surface area contributed by atoms with Crippen molar-refractivity contribution in [2.45, 2.75) is 36.7 Å². The van der Waals surface area contributed by atoms with Gasteiger partial charge in [-0.3, -0.25) is 9.52 Å². The number of rotatable bonds is 5. The van der Waals surface area contributed by atoms with Crippen LogP contribution < -0.4 is 10.0 Å². The fourth-order valence-corrected chi connectivity index (χ4v) is 8.13. The van der Waals surface area contributed by atoms with Gasteiger partial charge >= 0.3 is 0 Å². The van der Waals surface area contributed by atoms with E-state index in [4.69, 9.17) is 0 Å². The molecule has 39 heavy (non-hydrogen) atoms.